The van der Waals surface area contributed by atoms with Crippen LogP contribution in [0.25, 0.3) is 0 Å². The minimum absolute atomic E-state index is 0.0161. The first-order valence-electron chi connectivity index (χ1n) is 7.14. The molecule has 1 aromatic heterocycles. The van der Waals surface area contributed by atoms with Gasteiger partial charge in [-0.25, -0.2) is 4.98 Å². The van der Waals surface area contributed by atoms with Gasteiger partial charge in [0, 0.05) is 31.4 Å². The molecule has 6 nitrogen and oxygen atoms in total. The maximum absolute atomic E-state index is 11.5. The van der Waals surface area contributed by atoms with E-state index in [4.69, 9.17) is 15.6 Å². The van der Waals surface area contributed by atoms with E-state index in [0.717, 1.165) is 32.1 Å². The molecule has 4 N–H and O–H groups in total. The lowest BCUT2D eigenvalue weighted by Gasteiger charge is -2.03. The zero-order chi connectivity index (χ0) is 16.6. The van der Waals surface area contributed by atoms with Gasteiger partial charge in [-0.05, 0) is 13.1 Å². The fourth-order valence-electron chi connectivity index (χ4n) is 1.55. The van der Waals surface area contributed by atoms with E-state index in [-0.39, 0.29) is 5.91 Å². The second kappa shape index (κ2) is 14.4. The number of allylic oxidation sites excluding steroid dienone is 1. The van der Waals surface area contributed by atoms with Crippen LogP contribution in [0.15, 0.2) is 17.8 Å². The number of aromatic nitrogens is 1. The number of ether oxygens (including phenoxy) is 1. The number of thiazole rings is 1. The molecule has 124 valence electrons. The topological polar surface area (TPSA) is 97.5 Å². The van der Waals surface area contributed by atoms with E-state index in [1.54, 1.807) is 17.9 Å². The molecule has 1 heterocycles. The Morgan fingerprint density at radius 3 is 3.00 bits per heavy atom. The maximum atomic E-state index is 11.5. The minimum atomic E-state index is 0.0161. The Hall–Kier alpha value is -1.57. The third kappa shape index (κ3) is 10.2. The van der Waals surface area contributed by atoms with Gasteiger partial charge in [0.25, 0.3) is 0 Å². The lowest BCUT2D eigenvalue weighted by molar-refractivity contribution is -0.121. The van der Waals surface area contributed by atoms with Crippen LogP contribution in [0.2, 0.25) is 0 Å². The molecular weight excluding hydrogens is 302 g/mol. The summed E-state index contributed by atoms with van der Waals surface area (Å²) in [5.41, 5.74) is 8.09. The van der Waals surface area contributed by atoms with E-state index in [0.29, 0.717) is 19.6 Å². The zero-order valence-electron chi connectivity index (χ0n) is 13.2. The highest BCUT2D eigenvalue weighted by Crippen LogP contribution is 2.11. The number of nitrogens with zero attached hydrogens (tertiary/aromatic N) is 1. The Morgan fingerprint density at radius 1 is 1.59 bits per heavy atom. The first-order valence-corrected chi connectivity index (χ1v) is 8.02. The first kappa shape index (κ1) is 20.4. The Kier molecular flexibility index (Phi) is 13.3. The van der Waals surface area contributed by atoms with Crippen molar-refractivity contribution in [2.75, 3.05) is 20.3 Å². The van der Waals surface area contributed by atoms with Gasteiger partial charge in [-0.1, -0.05) is 6.08 Å². The molecule has 0 unspecified atom stereocenters. The van der Waals surface area contributed by atoms with Gasteiger partial charge < -0.3 is 16.2 Å². The van der Waals surface area contributed by atoms with Gasteiger partial charge >= 0.3 is 0 Å². The molecule has 0 spiro atoms. The molecule has 22 heavy (non-hydrogen) atoms. The molecule has 1 rings (SSSR count). The van der Waals surface area contributed by atoms with Crippen LogP contribution < -0.4 is 11.1 Å². The van der Waals surface area contributed by atoms with Crippen molar-refractivity contribution in [3.63, 3.8) is 0 Å². The van der Waals surface area contributed by atoms with Crippen LogP contribution in [-0.2, 0) is 16.0 Å². The van der Waals surface area contributed by atoms with Crippen molar-refractivity contribution >= 4 is 17.2 Å². The van der Waals surface area contributed by atoms with Gasteiger partial charge in [-0.2, -0.15) is 4.74 Å². The third-order valence-electron chi connectivity index (χ3n) is 2.67. The van der Waals surface area contributed by atoms with Crippen LogP contribution in [0.1, 0.15) is 29.8 Å². The van der Waals surface area contributed by atoms with Crippen molar-refractivity contribution in [3.05, 3.63) is 35.0 Å². The van der Waals surface area contributed by atoms with E-state index >= 15 is 0 Å². The van der Waals surface area contributed by atoms with Gasteiger partial charge in [-0.3, -0.25) is 4.79 Å². The molecule has 0 aliphatic carbocycles. The summed E-state index contributed by atoms with van der Waals surface area (Å²) in [6.45, 7) is 4.76. The number of aryl methyl sites for hydroxylation is 1. The predicted octanol–water partition coefficient (Wildman–Crippen LogP) is 1.54. The fraction of sp³-hybridized carbons (Fsp3) is 0.533. The van der Waals surface area contributed by atoms with E-state index in [1.165, 1.54) is 11.1 Å². The SMILES string of the molecule is CO.Cc1ncsc1CCNC(=O)CCO[CH+]CC/C=C\N. The normalized spacial score (nSPS) is 10.1. The molecule has 0 aromatic carbocycles. The smallest absolute Gasteiger partial charge is 0.227 e. The Bertz CT molecular complexity index is 422. The van der Waals surface area contributed by atoms with Crippen LogP contribution in [0.5, 0.6) is 0 Å². The fourth-order valence-corrected chi connectivity index (χ4v) is 2.33. The number of unbranched alkanes of at least 4 members (excludes halogenated alkanes) is 1. The largest absolute Gasteiger partial charge is 0.405 e. The molecule has 0 bridgehead atoms. The summed E-state index contributed by atoms with van der Waals surface area (Å²) in [7, 11) is 1.00. The highest BCUT2D eigenvalue weighted by atomic mass is 32.1. The molecular formula is C15H26N3O3S+. The summed E-state index contributed by atoms with van der Waals surface area (Å²) >= 11 is 1.63. The van der Waals surface area contributed by atoms with Gasteiger partial charge in [0.2, 0.25) is 12.5 Å². The molecule has 7 heteroatoms. The lowest BCUT2D eigenvalue weighted by atomic mass is 10.3. The van der Waals surface area contributed by atoms with E-state index in [1.807, 2.05) is 18.5 Å². The number of nitrogens with one attached hydrogen (secondary N) is 1. The van der Waals surface area contributed by atoms with E-state index < -0.39 is 0 Å². The van der Waals surface area contributed by atoms with Crippen molar-refractivity contribution in [2.45, 2.75) is 32.6 Å². The summed E-state index contributed by atoms with van der Waals surface area (Å²) in [6.07, 6.45) is 6.27. The summed E-state index contributed by atoms with van der Waals surface area (Å²) in [4.78, 5) is 16.9. The molecule has 0 fully saturated rings. The summed E-state index contributed by atoms with van der Waals surface area (Å²) in [5, 5.41) is 9.88. The number of carbonyl (C=O) groups excluding carboxylic acids is 1. The van der Waals surface area contributed by atoms with Crippen molar-refractivity contribution in [2.24, 2.45) is 5.73 Å². The monoisotopic (exact) mass is 328 g/mol. The Balaban J connectivity index is 0.00000211. The average molecular weight is 328 g/mol. The highest BCUT2D eigenvalue weighted by Gasteiger charge is 2.06. The number of aliphatic hydroxyl groups is 1. The quantitative estimate of drug-likeness (QED) is 0.447. The summed E-state index contributed by atoms with van der Waals surface area (Å²) in [6, 6.07) is 0. The summed E-state index contributed by atoms with van der Waals surface area (Å²) < 4.78 is 5.25. The van der Waals surface area contributed by atoms with Crippen LogP contribution >= 0.6 is 11.3 Å². The number of hydrogen-bond donors (Lipinski definition) is 3. The number of rotatable bonds is 10. The molecule has 0 radical (unpaired) electrons. The maximum Gasteiger partial charge on any atom is 0.227 e. The number of nitrogens with two attached hydrogens (primary N) is 1. The number of hydrogen-bond acceptors (Lipinski definition) is 6. The number of aliphatic hydroxyl groups excluding tert-OH is 1. The Morgan fingerprint density at radius 2 is 2.36 bits per heavy atom. The predicted molar refractivity (Wildman–Crippen MR) is 89.1 cm³/mol. The number of amides is 1. The van der Waals surface area contributed by atoms with E-state index in [2.05, 4.69) is 10.3 Å². The van der Waals surface area contributed by atoms with Crippen molar-refractivity contribution in [1.29, 1.82) is 0 Å². The highest BCUT2D eigenvalue weighted by molar-refractivity contribution is 7.09. The molecule has 0 saturated heterocycles. The zero-order valence-corrected chi connectivity index (χ0v) is 14.1. The average Bonchev–Trinajstić information content (AvgIpc) is 2.94. The standard InChI is InChI=1S/C14H21N3O2S.CH4O/c1-12-13(20-11-17-12)5-8-16-14(18)6-10-19-9-4-2-3-7-15;1-2/h3,7,9,11H,2,4-6,8,10,15H2,1H3;2H,1H3/p+1/b7-3-;. The second-order valence-electron chi connectivity index (χ2n) is 4.25. The molecule has 0 aliphatic rings. The van der Waals surface area contributed by atoms with Crippen LogP contribution in [0.4, 0.5) is 0 Å². The van der Waals surface area contributed by atoms with E-state index in [9.17, 15) is 4.79 Å². The van der Waals surface area contributed by atoms with Crippen LogP contribution in [0.3, 0.4) is 0 Å². The van der Waals surface area contributed by atoms with Gasteiger partial charge in [0.15, 0.2) is 0 Å². The second-order valence-corrected chi connectivity index (χ2v) is 5.19. The van der Waals surface area contributed by atoms with Crippen LogP contribution in [-0.4, -0.2) is 36.3 Å². The molecule has 1 amide bonds. The molecule has 0 atom stereocenters. The lowest BCUT2D eigenvalue weighted by Crippen LogP contribution is -2.26. The van der Waals surface area contributed by atoms with Gasteiger partial charge in [0.1, 0.15) is 13.0 Å². The van der Waals surface area contributed by atoms with Gasteiger partial charge in [-0.15, -0.1) is 11.3 Å². The molecule has 0 aliphatic heterocycles. The summed E-state index contributed by atoms with van der Waals surface area (Å²) in [5.74, 6) is 0.0161. The molecule has 1 aromatic rings. The van der Waals surface area contributed by atoms with Crippen molar-refractivity contribution in [3.8, 4) is 0 Å². The minimum Gasteiger partial charge on any atom is -0.405 e. The van der Waals surface area contributed by atoms with Crippen molar-refractivity contribution in [1.82, 2.24) is 10.3 Å². The van der Waals surface area contributed by atoms with Crippen LogP contribution in [0, 0.1) is 13.5 Å². The first-order chi connectivity index (χ1) is 10.7. The molecule has 0 saturated carbocycles. The Labute approximate surface area is 136 Å². The van der Waals surface area contributed by atoms with Gasteiger partial charge in [0.05, 0.1) is 17.6 Å². The third-order valence-corrected chi connectivity index (χ3v) is 3.67. The van der Waals surface area contributed by atoms with Crippen molar-refractivity contribution < 1.29 is 14.6 Å². The number of carbonyl (C=O) groups is 1.